The number of anilines is 1. The summed E-state index contributed by atoms with van der Waals surface area (Å²) in [6, 6.07) is 6.86. The van der Waals surface area contributed by atoms with E-state index in [2.05, 4.69) is 12.2 Å². The molecule has 0 unspecified atom stereocenters. The fraction of sp³-hybridized carbons (Fsp3) is 0.731. The number of nitrogens with one attached hydrogen (secondary N) is 1. The zero-order valence-electron chi connectivity index (χ0n) is 20.6. The standard InChI is InChI=1S/C25H43NO6S.CH4/c1-4-5-6-7-8-9-10-11-12-19-25(2,3)32-24(27)31-23-17-15-22(16-18-23)26-20-13-14-21-33(28,29)30;/h15-18,26H,4-14,19-21H2,1-3H3,(H,28,29,30);1H4/p-1. The van der Waals surface area contributed by atoms with Crippen molar-refractivity contribution < 1.29 is 27.2 Å². The molecule has 0 atom stereocenters. The van der Waals surface area contributed by atoms with E-state index >= 15 is 0 Å². The van der Waals surface area contributed by atoms with Gasteiger partial charge in [-0.2, -0.15) is 0 Å². The normalized spacial score (nSPS) is 11.5. The van der Waals surface area contributed by atoms with Crippen LogP contribution in [0.2, 0.25) is 0 Å². The lowest BCUT2D eigenvalue weighted by Crippen LogP contribution is -2.29. The second-order valence-electron chi connectivity index (χ2n) is 9.21. The van der Waals surface area contributed by atoms with Crippen molar-refractivity contribution in [3.8, 4) is 5.75 Å². The van der Waals surface area contributed by atoms with E-state index < -0.39 is 21.9 Å². The number of carbonyl (C=O) groups excluding carboxylic acids is 1. The van der Waals surface area contributed by atoms with Crippen molar-refractivity contribution in [3.63, 3.8) is 0 Å². The molecule has 0 fully saturated rings. The SMILES string of the molecule is C.CCCCCCCCCCCC(C)(C)OC(=O)Oc1ccc(NCCCCS(=O)(=O)[O-])cc1. The molecule has 1 aromatic rings. The fourth-order valence-electron chi connectivity index (χ4n) is 3.53. The summed E-state index contributed by atoms with van der Waals surface area (Å²) in [5, 5.41) is 3.13. The minimum absolute atomic E-state index is 0. The smallest absolute Gasteiger partial charge is 0.514 e. The van der Waals surface area contributed by atoms with E-state index in [1.807, 2.05) is 13.8 Å². The van der Waals surface area contributed by atoms with Gasteiger partial charge in [0.1, 0.15) is 11.4 Å². The van der Waals surface area contributed by atoms with E-state index in [1.54, 1.807) is 24.3 Å². The lowest BCUT2D eigenvalue weighted by molar-refractivity contribution is 0.00275. The minimum atomic E-state index is -4.15. The summed E-state index contributed by atoms with van der Waals surface area (Å²) in [6.07, 6.45) is 12.3. The predicted molar refractivity (Wildman–Crippen MR) is 138 cm³/mol. The van der Waals surface area contributed by atoms with Gasteiger partial charge in [-0.05, 0) is 63.8 Å². The highest BCUT2D eigenvalue weighted by molar-refractivity contribution is 7.85. The van der Waals surface area contributed by atoms with Gasteiger partial charge in [0.2, 0.25) is 0 Å². The van der Waals surface area contributed by atoms with Crippen LogP contribution >= 0.6 is 0 Å². The van der Waals surface area contributed by atoms with E-state index in [4.69, 9.17) is 9.47 Å². The highest BCUT2D eigenvalue weighted by Crippen LogP contribution is 2.22. The monoisotopic (exact) mass is 500 g/mol. The van der Waals surface area contributed by atoms with Crippen LogP contribution in [0.25, 0.3) is 0 Å². The Morgan fingerprint density at radius 2 is 1.47 bits per heavy atom. The highest BCUT2D eigenvalue weighted by atomic mass is 32.2. The van der Waals surface area contributed by atoms with Crippen LogP contribution in [-0.4, -0.2) is 37.0 Å². The molecule has 0 saturated carbocycles. The number of hydrogen-bond acceptors (Lipinski definition) is 7. The lowest BCUT2D eigenvalue weighted by Gasteiger charge is -2.24. The zero-order chi connectivity index (χ0) is 24.6. The lowest BCUT2D eigenvalue weighted by atomic mass is 9.99. The molecule has 0 radical (unpaired) electrons. The molecule has 8 heteroatoms. The summed E-state index contributed by atoms with van der Waals surface area (Å²) in [6.45, 7) is 6.59. The van der Waals surface area contributed by atoms with E-state index in [0.29, 0.717) is 25.1 Å². The molecule has 1 rings (SSSR count). The molecule has 0 aliphatic carbocycles. The van der Waals surface area contributed by atoms with Crippen LogP contribution in [0.4, 0.5) is 10.5 Å². The molecule has 0 aliphatic rings. The maximum absolute atomic E-state index is 12.2. The second-order valence-corrected chi connectivity index (χ2v) is 10.7. The van der Waals surface area contributed by atoms with Gasteiger partial charge in [0, 0.05) is 18.0 Å². The Balaban J connectivity index is 0.0000109. The van der Waals surface area contributed by atoms with Crippen molar-refractivity contribution in [2.75, 3.05) is 17.6 Å². The van der Waals surface area contributed by atoms with Gasteiger partial charge in [-0.3, -0.25) is 0 Å². The van der Waals surface area contributed by atoms with Gasteiger partial charge in [0.25, 0.3) is 0 Å². The molecule has 198 valence electrons. The molecule has 1 aromatic carbocycles. The molecule has 0 aromatic heterocycles. The van der Waals surface area contributed by atoms with Crippen molar-refractivity contribution in [2.24, 2.45) is 0 Å². The predicted octanol–water partition coefficient (Wildman–Crippen LogP) is 7.27. The zero-order valence-corrected chi connectivity index (χ0v) is 21.4. The maximum atomic E-state index is 12.2. The fourth-order valence-corrected chi connectivity index (χ4v) is 4.09. The van der Waals surface area contributed by atoms with Crippen LogP contribution in [0.15, 0.2) is 24.3 Å². The third-order valence-electron chi connectivity index (χ3n) is 5.45. The van der Waals surface area contributed by atoms with Crippen molar-refractivity contribution in [2.45, 2.75) is 111 Å². The maximum Gasteiger partial charge on any atom is 0.514 e. The second kappa shape index (κ2) is 17.6. The van der Waals surface area contributed by atoms with Crippen molar-refractivity contribution in [3.05, 3.63) is 24.3 Å². The number of benzene rings is 1. The van der Waals surface area contributed by atoms with Gasteiger partial charge in [-0.25, -0.2) is 13.2 Å². The Kier molecular flexibility index (Phi) is 16.7. The first-order valence-corrected chi connectivity index (χ1v) is 13.9. The largest absolute Gasteiger partial charge is 0.748 e. The first kappa shape index (κ1) is 32.2. The third kappa shape index (κ3) is 17.6. The highest BCUT2D eigenvalue weighted by Gasteiger charge is 2.23. The molecule has 0 spiro atoms. The molecule has 7 nitrogen and oxygen atoms in total. The molecule has 0 bridgehead atoms. The van der Waals surface area contributed by atoms with E-state index in [0.717, 1.165) is 24.9 Å². The Morgan fingerprint density at radius 3 is 2.03 bits per heavy atom. The van der Waals surface area contributed by atoms with Crippen molar-refractivity contribution in [1.29, 1.82) is 0 Å². The Hall–Kier alpha value is -1.80. The molecular formula is C26H46NO6S-. The number of ether oxygens (including phenoxy) is 2. The van der Waals surface area contributed by atoms with Crippen molar-refractivity contribution in [1.82, 2.24) is 0 Å². The molecule has 0 saturated heterocycles. The van der Waals surface area contributed by atoms with E-state index in [1.165, 1.54) is 44.9 Å². The molecule has 1 N–H and O–H groups in total. The van der Waals surface area contributed by atoms with Crippen LogP contribution in [0.1, 0.15) is 105 Å². The van der Waals surface area contributed by atoms with Crippen LogP contribution in [0.3, 0.4) is 0 Å². The van der Waals surface area contributed by atoms with E-state index in [-0.39, 0.29) is 13.2 Å². The van der Waals surface area contributed by atoms with Crippen LogP contribution in [0.5, 0.6) is 5.75 Å². The first-order chi connectivity index (χ1) is 15.6. The quantitative estimate of drug-likeness (QED) is 0.0977. The summed E-state index contributed by atoms with van der Waals surface area (Å²) < 4.78 is 42.5. The third-order valence-corrected chi connectivity index (χ3v) is 6.24. The minimum Gasteiger partial charge on any atom is -0.748 e. The summed E-state index contributed by atoms with van der Waals surface area (Å²) in [4.78, 5) is 12.2. The number of hydrogen-bond donors (Lipinski definition) is 1. The molecule has 0 heterocycles. The Bertz CT molecular complexity index is 762. The van der Waals surface area contributed by atoms with Gasteiger partial charge in [0.15, 0.2) is 0 Å². The molecular weight excluding hydrogens is 454 g/mol. The van der Waals surface area contributed by atoms with E-state index in [9.17, 15) is 17.8 Å². The van der Waals surface area contributed by atoms with Gasteiger partial charge in [-0.15, -0.1) is 0 Å². The summed E-state index contributed by atoms with van der Waals surface area (Å²) in [7, 11) is -4.15. The molecule has 0 aliphatic heterocycles. The van der Waals surface area contributed by atoms with Crippen LogP contribution in [0, 0.1) is 0 Å². The van der Waals surface area contributed by atoms with Gasteiger partial charge in [-0.1, -0.05) is 65.7 Å². The summed E-state index contributed by atoms with van der Waals surface area (Å²) >= 11 is 0. The van der Waals surface area contributed by atoms with Gasteiger partial charge >= 0.3 is 6.16 Å². The molecule has 34 heavy (non-hydrogen) atoms. The number of rotatable bonds is 18. The van der Waals surface area contributed by atoms with Crippen molar-refractivity contribution >= 4 is 22.0 Å². The topological polar surface area (TPSA) is 105 Å². The number of carbonyl (C=O) groups is 1. The Morgan fingerprint density at radius 1 is 0.912 bits per heavy atom. The van der Waals surface area contributed by atoms with Crippen LogP contribution in [-0.2, 0) is 14.9 Å². The average Bonchev–Trinajstić information content (AvgIpc) is 2.72. The average molecular weight is 501 g/mol. The Labute approximate surface area is 207 Å². The molecule has 0 amide bonds. The summed E-state index contributed by atoms with van der Waals surface area (Å²) in [5.41, 5.74) is 0.239. The first-order valence-electron chi connectivity index (χ1n) is 12.3. The van der Waals surface area contributed by atoms with Gasteiger partial charge in [0.05, 0.1) is 10.1 Å². The van der Waals surface area contributed by atoms with Gasteiger partial charge < -0.3 is 19.3 Å². The number of unbranched alkanes of at least 4 members (excludes halogenated alkanes) is 9. The summed E-state index contributed by atoms with van der Waals surface area (Å²) in [5.74, 6) is 0.0424. The van der Waals surface area contributed by atoms with Crippen LogP contribution < -0.4 is 10.1 Å².